The number of hydrogen-bond acceptors (Lipinski definition) is 2. The lowest BCUT2D eigenvalue weighted by Gasteiger charge is -2.04. The normalized spacial score (nSPS) is 11.3. The van der Waals surface area contributed by atoms with Crippen molar-refractivity contribution in [1.29, 1.82) is 0 Å². The van der Waals surface area contributed by atoms with Crippen LogP contribution < -0.4 is 5.32 Å². The van der Waals surface area contributed by atoms with Crippen LogP contribution in [-0.4, -0.2) is 14.5 Å². The number of aromatic amines is 1. The maximum atomic E-state index is 5.97. The van der Waals surface area contributed by atoms with Gasteiger partial charge in [0.1, 0.15) is 5.82 Å². The third-order valence-electron chi connectivity index (χ3n) is 3.25. The smallest absolute Gasteiger partial charge is 0.122 e. The number of H-pyrrole nitrogens is 1. The zero-order chi connectivity index (χ0) is 13.2. The van der Waals surface area contributed by atoms with Crippen LogP contribution in [0.4, 0.5) is 0 Å². The minimum atomic E-state index is 0.752. The Morgan fingerprint density at radius 3 is 3.05 bits per heavy atom. The number of nitrogens with one attached hydrogen (secondary N) is 2. The second-order valence-electron chi connectivity index (χ2n) is 4.56. The molecule has 0 saturated carbocycles. The zero-order valence-corrected chi connectivity index (χ0v) is 11.4. The molecule has 4 nitrogen and oxygen atoms in total. The Balaban J connectivity index is 1.70. The van der Waals surface area contributed by atoms with Gasteiger partial charge >= 0.3 is 0 Å². The van der Waals surface area contributed by atoms with E-state index in [4.69, 9.17) is 11.6 Å². The Morgan fingerprint density at radius 2 is 2.26 bits per heavy atom. The van der Waals surface area contributed by atoms with Crippen LogP contribution in [0.3, 0.4) is 0 Å². The lowest BCUT2D eigenvalue weighted by molar-refractivity contribution is 0.641. The highest BCUT2D eigenvalue weighted by molar-refractivity contribution is 6.31. The van der Waals surface area contributed by atoms with Gasteiger partial charge in [-0.1, -0.05) is 17.7 Å². The molecule has 0 fully saturated rings. The Labute approximate surface area is 116 Å². The summed E-state index contributed by atoms with van der Waals surface area (Å²) >= 11 is 5.97. The van der Waals surface area contributed by atoms with Crippen LogP contribution in [0.15, 0.2) is 36.8 Å². The first-order valence-electron chi connectivity index (χ1n) is 6.16. The molecule has 0 aliphatic carbocycles. The first-order valence-corrected chi connectivity index (χ1v) is 6.54. The van der Waals surface area contributed by atoms with E-state index in [2.05, 4.69) is 15.3 Å². The van der Waals surface area contributed by atoms with Gasteiger partial charge in [-0.15, -0.1) is 0 Å². The van der Waals surface area contributed by atoms with Crippen molar-refractivity contribution in [2.45, 2.75) is 13.1 Å². The molecule has 98 valence electrons. The first-order chi connectivity index (χ1) is 9.24. The maximum absolute atomic E-state index is 5.97. The van der Waals surface area contributed by atoms with E-state index in [1.54, 1.807) is 0 Å². The number of aryl methyl sites for hydroxylation is 1. The third-order valence-corrected chi connectivity index (χ3v) is 3.48. The average molecular weight is 275 g/mol. The highest BCUT2D eigenvalue weighted by atomic mass is 35.5. The molecule has 0 saturated heterocycles. The summed E-state index contributed by atoms with van der Waals surface area (Å²) in [5, 5.41) is 5.36. The summed E-state index contributed by atoms with van der Waals surface area (Å²) in [6, 6.07) is 5.91. The highest BCUT2D eigenvalue weighted by Gasteiger charge is 2.04. The monoisotopic (exact) mass is 274 g/mol. The molecule has 0 atom stereocenters. The summed E-state index contributed by atoms with van der Waals surface area (Å²) in [7, 11) is 2.00. The molecule has 0 aliphatic rings. The van der Waals surface area contributed by atoms with Crippen molar-refractivity contribution in [1.82, 2.24) is 19.9 Å². The molecule has 19 heavy (non-hydrogen) atoms. The molecule has 5 heteroatoms. The molecule has 1 aromatic carbocycles. The van der Waals surface area contributed by atoms with Gasteiger partial charge < -0.3 is 14.9 Å². The molecule has 3 aromatic rings. The molecule has 3 rings (SSSR count). The second-order valence-corrected chi connectivity index (χ2v) is 5.00. The minimum Gasteiger partial charge on any atom is -0.361 e. The van der Waals surface area contributed by atoms with E-state index in [0.717, 1.165) is 29.5 Å². The molecule has 0 amide bonds. The first kappa shape index (κ1) is 12.3. The van der Waals surface area contributed by atoms with Crippen LogP contribution >= 0.6 is 11.6 Å². The molecule has 0 spiro atoms. The number of nitrogens with zero attached hydrogens (tertiary/aromatic N) is 2. The number of halogens is 1. The standard InChI is InChI=1S/C14H15ClN4/c1-19-5-4-17-14(19)9-16-7-10-8-18-13-6-11(15)2-3-12(10)13/h2-6,8,16,18H,7,9H2,1H3. The quantitative estimate of drug-likeness (QED) is 0.768. The fourth-order valence-corrected chi connectivity index (χ4v) is 2.35. The van der Waals surface area contributed by atoms with E-state index in [1.165, 1.54) is 10.9 Å². The summed E-state index contributed by atoms with van der Waals surface area (Å²) in [5.74, 6) is 1.03. The van der Waals surface area contributed by atoms with E-state index in [9.17, 15) is 0 Å². The van der Waals surface area contributed by atoms with Gasteiger partial charge in [0.25, 0.3) is 0 Å². The van der Waals surface area contributed by atoms with Gasteiger partial charge in [0.05, 0.1) is 6.54 Å². The highest BCUT2D eigenvalue weighted by Crippen LogP contribution is 2.21. The number of benzene rings is 1. The second kappa shape index (κ2) is 5.07. The SMILES string of the molecule is Cn1ccnc1CNCc1c[nH]c2cc(Cl)ccc12. The summed E-state index contributed by atoms with van der Waals surface area (Å²) in [4.78, 5) is 7.52. The van der Waals surface area contributed by atoms with Gasteiger partial charge in [-0.25, -0.2) is 4.98 Å². The van der Waals surface area contributed by atoms with E-state index in [0.29, 0.717) is 0 Å². The molecule has 0 bridgehead atoms. The molecular formula is C14H15ClN4. The Bertz CT molecular complexity index is 698. The van der Waals surface area contributed by atoms with Gasteiger partial charge in [0.2, 0.25) is 0 Å². The summed E-state index contributed by atoms with van der Waals surface area (Å²) in [6.07, 6.45) is 5.78. The van der Waals surface area contributed by atoms with Crippen LogP contribution in [0.5, 0.6) is 0 Å². The van der Waals surface area contributed by atoms with Crippen molar-refractivity contribution in [2.24, 2.45) is 7.05 Å². The van der Waals surface area contributed by atoms with Crippen LogP contribution in [0.2, 0.25) is 5.02 Å². The molecule has 2 heterocycles. The topological polar surface area (TPSA) is 45.6 Å². The van der Waals surface area contributed by atoms with E-state index in [1.807, 2.05) is 48.4 Å². The van der Waals surface area contributed by atoms with Crippen LogP contribution in [0.1, 0.15) is 11.4 Å². The predicted octanol–water partition coefficient (Wildman–Crippen LogP) is 2.84. The van der Waals surface area contributed by atoms with Gasteiger partial charge in [-0.05, 0) is 17.7 Å². The number of aromatic nitrogens is 3. The zero-order valence-electron chi connectivity index (χ0n) is 10.7. The van der Waals surface area contributed by atoms with Crippen molar-refractivity contribution < 1.29 is 0 Å². The Kier molecular flexibility index (Phi) is 3.27. The maximum Gasteiger partial charge on any atom is 0.122 e. The van der Waals surface area contributed by atoms with Gasteiger partial charge in [-0.3, -0.25) is 0 Å². The summed E-state index contributed by atoms with van der Waals surface area (Å²) in [5.41, 5.74) is 2.31. The number of rotatable bonds is 4. The molecule has 2 aromatic heterocycles. The molecule has 2 N–H and O–H groups in total. The minimum absolute atomic E-state index is 0.752. The third kappa shape index (κ3) is 2.50. The van der Waals surface area contributed by atoms with E-state index >= 15 is 0 Å². The molecular weight excluding hydrogens is 260 g/mol. The van der Waals surface area contributed by atoms with Crippen molar-refractivity contribution in [3.8, 4) is 0 Å². The average Bonchev–Trinajstić information content (AvgIpc) is 2.97. The van der Waals surface area contributed by atoms with Gasteiger partial charge in [0.15, 0.2) is 0 Å². The van der Waals surface area contributed by atoms with Crippen molar-refractivity contribution in [3.63, 3.8) is 0 Å². The number of imidazole rings is 1. The molecule has 0 radical (unpaired) electrons. The van der Waals surface area contributed by atoms with E-state index in [-0.39, 0.29) is 0 Å². The number of hydrogen-bond donors (Lipinski definition) is 2. The Hall–Kier alpha value is -1.78. The summed E-state index contributed by atoms with van der Waals surface area (Å²) in [6.45, 7) is 1.55. The summed E-state index contributed by atoms with van der Waals surface area (Å²) < 4.78 is 2.02. The fourth-order valence-electron chi connectivity index (χ4n) is 2.18. The lowest BCUT2D eigenvalue weighted by Crippen LogP contribution is -2.15. The van der Waals surface area contributed by atoms with Crippen molar-refractivity contribution in [3.05, 3.63) is 53.2 Å². The molecule has 0 unspecified atom stereocenters. The van der Waals surface area contributed by atoms with Crippen LogP contribution in [0, 0.1) is 0 Å². The van der Waals surface area contributed by atoms with Crippen LogP contribution in [0.25, 0.3) is 10.9 Å². The predicted molar refractivity (Wildman–Crippen MR) is 77.1 cm³/mol. The Morgan fingerprint density at radius 1 is 1.37 bits per heavy atom. The number of fused-ring (bicyclic) bond motifs is 1. The largest absolute Gasteiger partial charge is 0.361 e. The van der Waals surface area contributed by atoms with Gasteiger partial charge in [0, 0.05) is 48.1 Å². The van der Waals surface area contributed by atoms with Crippen LogP contribution in [-0.2, 0) is 20.1 Å². The molecule has 0 aliphatic heterocycles. The lowest BCUT2D eigenvalue weighted by atomic mass is 10.2. The van der Waals surface area contributed by atoms with Crippen molar-refractivity contribution >= 4 is 22.5 Å². The van der Waals surface area contributed by atoms with Crippen molar-refractivity contribution in [2.75, 3.05) is 0 Å². The fraction of sp³-hybridized carbons (Fsp3) is 0.214. The van der Waals surface area contributed by atoms with Gasteiger partial charge in [-0.2, -0.15) is 0 Å². The van der Waals surface area contributed by atoms with E-state index < -0.39 is 0 Å².